The van der Waals surface area contributed by atoms with Crippen LogP contribution in [0.3, 0.4) is 0 Å². The molecular weight excluding hydrogens is 372 g/mol. The second kappa shape index (κ2) is 5.55. The zero-order valence-corrected chi connectivity index (χ0v) is 17.6. The Hall–Kier alpha value is -1.72. The normalized spacial score (nSPS) is 50.3. The summed E-state index contributed by atoms with van der Waals surface area (Å²) in [6.45, 7) is 0.466. The van der Waals surface area contributed by atoms with E-state index >= 15 is 0 Å². The molecule has 4 heteroatoms. The van der Waals surface area contributed by atoms with Crippen LogP contribution in [0.4, 0.5) is 0 Å². The highest BCUT2D eigenvalue weighted by molar-refractivity contribution is 5.50. The molecule has 30 heavy (non-hydrogen) atoms. The quantitative estimate of drug-likeness (QED) is 0.823. The van der Waals surface area contributed by atoms with Crippen LogP contribution in [0.15, 0.2) is 60.7 Å². The maximum atomic E-state index is 11.0. The van der Waals surface area contributed by atoms with Crippen LogP contribution in [-0.2, 0) is 0 Å². The molecule has 2 saturated carbocycles. The van der Waals surface area contributed by atoms with Crippen LogP contribution in [0.5, 0.6) is 0 Å². The van der Waals surface area contributed by atoms with Gasteiger partial charge in [0, 0.05) is 46.8 Å². The molecule has 156 valence electrons. The number of hydrogen-bond donors (Lipinski definition) is 2. The van der Waals surface area contributed by atoms with Gasteiger partial charge < -0.3 is 10.2 Å². The fraction of sp³-hybridized carbons (Fsp3) is 0.538. The van der Waals surface area contributed by atoms with Crippen LogP contribution in [0.25, 0.3) is 0 Å². The SMILES string of the molecule is CN1C2C3C4N(C)C5C(C1C5(CO)[C@H]3c1ccccc1)[C@@H](c1ccccc1)C24CO. The Morgan fingerprint density at radius 1 is 0.633 bits per heavy atom. The van der Waals surface area contributed by atoms with Gasteiger partial charge in [0.1, 0.15) is 0 Å². The summed E-state index contributed by atoms with van der Waals surface area (Å²) >= 11 is 0. The second-order valence-corrected chi connectivity index (χ2v) is 10.6. The highest BCUT2D eigenvalue weighted by atomic mass is 16.3. The van der Waals surface area contributed by atoms with Gasteiger partial charge in [0.15, 0.2) is 0 Å². The molecule has 2 N–H and O–H groups in total. The van der Waals surface area contributed by atoms with Gasteiger partial charge in [-0.2, -0.15) is 0 Å². The fourth-order valence-electron chi connectivity index (χ4n) is 9.98. The summed E-state index contributed by atoms with van der Waals surface area (Å²) in [5.74, 6) is 1.63. The van der Waals surface area contributed by atoms with Crippen LogP contribution < -0.4 is 0 Å². The molecule has 6 aliphatic rings. The molecule has 4 aliphatic heterocycles. The minimum atomic E-state index is -0.123. The number of rotatable bonds is 4. The van der Waals surface area contributed by atoms with E-state index in [1.807, 2.05) is 0 Å². The largest absolute Gasteiger partial charge is 0.396 e. The first-order valence-electron chi connectivity index (χ1n) is 11.4. The van der Waals surface area contributed by atoms with Crippen LogP contribution in [0.1, 0.15) is 23.0 Å². The number of piperidine rings is 4. The second-order valence-electron chi connectivity index (χ2n) is 10.6. The average Bonchev–Trinajstić information content (AvgIpc) is 2.73. The molecule has 0 radical (unpaired) electrons. The smallest absolute Gasteiger partial charge is 0.0523 e. The zero-order chi connectivity index (χ0) is 20.4. The Morgan fingerprint density at radius 3 is 1.27 bits per heavy atom. The number of aliphatic hydroxyl groups is 2. The number of benzene rings is 2. The molecule has 4 saturated heterocycles. The lowest BCUT2D eigenvalue weighted by Crippen LogP contribution is -3.00. The van der Waals surface area contributed by atoms with Gasteiger partial charge in [-0.05, 0) is 37.1 Å². The highest BCUT2D eigenvalue weighted by Crippen LogP contribution is 2.84. The molecule has 4 nitrogen and oxygen atoms in total. The van der Waals surface area contributed by atoms with Gasteiger partial charge >= 0.3 is 0 Å². The summed E-state index contributed by atoms with van der Waals surface area (Å²) in [7, 11) is 4.54. The van der Waals surface area contributed by atoms with E-state index in [2.05, 4.69) is 84.6 Å². The van der Waals surface area contributed by atoms with Crippen molar-refractivity contribution in [3.05, 3.63) is 71.8 Å². The molecule has 6 atom stereocenters. The molecule has 0 aromatic heterocycles. The lowest BCUT2D eigenvalue weighted by molar-refractivity contribution is -0.416. The van der Waals surface area contributed by atoms with Crippen LogP contribution in [0.2, 0.25) is 0 Å². The minimum absolute atomic E-state index is 0.123. The van der Waals surface area contributed by atoms with Crippen LogP contribution >= 0.6 is 0 Å². The van der Waals surface area contributed by atoms with Gasteiger partial charge in [0.2, 0.25) is 0 Å². The van der Waals surface area contributed by atoms with E-state index < -0.39 is 0 Å². The lowest BCUT2D eigenvalue weighted by atomic mass is 9.23. The minimum Gasteiger partial charge on any atom is -0.396 e. The van der Waals surface area contributed by atoms with E-state index in [0.717, 1.165) is 0 Å². The van der Waals surface area contributed by atoms with Crippen molar-refractivity contribution < 1.29 is 10.2 Å². The molecular formula is C26H30N2O2. The third-order valence-electron chi connectivity index (χ3n) is 10.2. The number of aliphatic hydroxyl groups excluding tert-OH is 2. The predicted molar refractivity (Wildman–Crippen MR) is 115 cm³/mol. The molecule has 2 aromatic rings. The van der Waals surface area contributed by atoms with Crippen LogP contribution in [-0.4, -0.2) is 71.5 Å². The summed E-state index contributed by atoms with van der Waals surface area (Å²) in [5.41, 5.74) is 2.52. The standard InChI is InChI=1S/C26H30N2O2/c1-27-21-17-19(15-9-5-3-6-10-15)25(13-29)22(27)18-20(16-11-7-4-8-12-16)26(21,14-30)23(17)28(2)24(18)25/h3-12,17-24,29-30H,13-14H2,1-2H3/t17?,18?,19-,20+,21?,22?,23?,24?,25?,26?. The Morgan fingerprint density at radius 2 is 0.967 bits per heavy atom. The highest BCUT2D eigenvalue weighted by Gasteiger charge is 2.90. The van der Waals surface area contributed by atoms with Crippen molar-refractivity contribution in [3.63, 3.8) is 0 Å². The Labute approximate surface area is 178 Å². The predicted octanol–water partition coefficient (Wildman–Crippen LogP) is 2.15. The van der Waals surface area contributed by atoms with Gasteiger partial charge in [0.25, 0.3) is 0 Å². The van der Waals surface area contributed by atoms with E-state index in [4.69, 9.17) is 0 Å². The van der Waals surface area contributed by atoms with Crippen LogP contribution in [0, 0.1) is 22.7 Å². The van der Waals surface area contributed by atoms with Gasteiger partial charge in [0.05, 0.1) is 13.2 Å². The van der Waals surface area contributed by atoms with E-state index in [1.54, 1.807) is 0 Å². The Balaban J connectivity index is 1.48. The molecule has 2 aliphatic carbocycles. The van der Waals surface area contributed by atoms with Crippen molar-refractivity contribution in [3.8, 4) is 0 Å². The fourth-order valence-corrected chi connectivity index (χ4v) is 9.98. The summed E-state index contributed by atoms with van der Waals surface area (Å²) < 4.78 is 0. The van der Waals surface area contributed by atoms with Crippen molar-refractivity contribution in [2.24, 2.45) is 22.7 Å². The number of nitrogens with zero attached hydrogens (tertiary/aromatic N) is 2. The van der Waals surface area contributed by atoms with Gasteiger partial charge in [-0.25, -0.2) is 0 Å². The monoisotopic (exact) mass is 402 g/mol. The molecule has 4 heterocycles. The van der Waals surface area contributed by atoms with Crippen molar-refractivity contribution in [1.29, 1.82) is 0 Å². The van der Waals surface area contributed by atoms with Gasteiger partial charge in [-0.1, -0.05) is 60.7 Å². The maximum Gasteiger partial charge on any atom is 0.0523 e. The van der Waals surface area contributed by atoms with Crippen molar-refractivity contribution in [2.75, 3.05) is 27.3 Å². The summed E-state index contributed by atoms with van der Waals surface area (Å²) in [6.07, 6.45) is 0. The molecule has 2 aromatic carbocycles. The first-order chi connectivity index (χ1) is 14.6. The summed E-state index contributed by atoms with van der Waals surface area (Å²) in [6, 6.07) is 23.2. The first-order valence-corrected chi connectivity index (χ1v) is 11.4. The van der Waals surface area contributed by atoms with E-state index in [0.29, 0.717) is 47.8 Å². The van der Waals surface area contributed by atoms with Crippen molar-refractivity contribution in [2.45, 2.75) is 36.0 Å². The van der Waals surface area contributed by atoms with Crippen molar-refractivity contribution in [1.82, 2.24) is 9.80 Å². The third-order valence-corrected chi connectivity index (χ3v) is 10.2. The van der Waals surface area contributed by atoms with E-state index in [1.165, 1.54) is 11.1 Å². The molecule has 0 amide bonds. The molecule has 8 rings (SSSR count). The summed E-state index contributed by atoms with van der Waals surface area (Å²) in [5, 5.41) is 21.9. The number of hydrogen-bond acceptors (Lipinski definition) is 4. The Kier molecular flexibility index (Phi) is 3.31. The van der Waals surface area contributed by atoms with E-state index in [9.17, 15) is 10.2 Å². The molecule has 0 spiro atoms. The van der Waals surface area contributed by atoms with Gasteiger partial charge in [-0.15, -0.1) is 0 Å². The van der Waals surface area contributed by atoms with Crippen molar-refractivity contribution >= 4 is 0 Å². The molecule has 4 unspecified atom stereocenters. The van der Waals surface area contributed by atoms with Gasteiger partial charge in [-0.3, -0.25) is 9.80 Å². The molecule has 8 bridgehead atoms. The first kappa shape index (κ1) is 17.9. The average molecular weight is 403 g/mol. The lowest BCUT2D eigenvalue weighted by Gasteiger charge is -2.92. The third kappa shape index (κ3) is 1.54. The Bertz CT molecular complexity index is 889. The molecule has 6 fully saturated rings. The summed E-state index contributed by atoms with van der Waals surface area (Å²) in [4.78, 5) is 5.17. The zero-order valence-electron chi connectivity index (χ0n) is 17.6. The topological polar surface area (TPSA) is 46.9 Å². The van der Waals surface area contributed by atoms with E-state index in [-0.39, 0.29) is 24.0 Å². The maximum absolute atomic E-state index is 11.0.